The van der Waals surface area contributed by atoms with Crippen molar-refractivity contribution in [3.05, 3.63) is 23.3 Å². The molecule has 0 radical (unpaired) electrons. The number of cyclic esters (lactones) is 1. The summed E-state index contributed by atoms with van der Waals surface area (Å²) in [7, 11) is 0. The van der Waals surface area contributed by atoms with Gasteiger partial charge in [-0.2, -0.15) is 0 Å². The molecule has 3 aliphatic heterocycles. The number of hydrogen-bond acceptors (Lipinski definition) is 10. The third-order valence-corrected chi connectivity index (χ3v) is 12.4. The molecule has 1 amide bonds. The van der Waals surface area contributed by atoms with Crippen molar-refractivity contribution in [3.8, 4) is 0 Å². The summed E-state index contributed by atoms with van der Waals surface area (Å²) in [5.41, 5.74) is 1.72. The average molecular weight is 816 g/mol. The van der Waals surface area contributed by atoms with Crippen molar-refractivity contribution >= 4 is 46.0 Å². The Balaban J connectivity index is 1.67. The van der Waals surface area contributed by atoms with Gasteiger partial charge in [0.15, 0.2) is 5.78 Å². The average Bonchev–Trinajstić information content (AvgIpc) is 3.39. The quantitative estimate of drug-likeness (QED) is 0.103. The fourth-order valence-corrected chi connectivity index (χ4v) is 8.95. The van der Waals surface area contributed by atoms with Gasteiger partial charge in [-0.15, -0.1) is 0 Å². The Morgan fingerprint density at radius 2 is 1.62 bits per heavy atom. The molecule has 0 unspecified atom stereocenters. The monoisotopic (exact) mass is 815 g/mol. The molecule has 3 fully saturated rings. The highest BCUT2D eigenvalue weighted by Gasteiger charge is 2.56. The lowest BCUT2D eigenvalue weighted by Crippen LogP contribution is -2.57. The molecule has 4 N–H and O–H groups in total. The van der Waals surface area contributed by atoms with Gasteiger partial charge in [0.25, 0.3) is 11.7 Å². The smallest absolute Gasteiger partial charge is 0.329 e. The van der Waals surface area contributed by atoms with Crippen LogP contribution in [0.3, 0.4) is 0 Å². The van der Waals surface area contributed by atoms with E-state index in [9.17, 15) is 39.6 Å². The number of aliphatic hydroxyl groups is 4. The van der Waals surface area contributed by atoms with Crippen molar-refractivity contribution in [2.45, 2.75) is 158 Å². The van der Waals surface area contributed by atoms with Crippen LogP contribution in [0.25, 0.3) is 0 Å². The van der Waals surface area contributed by atoms with Gasteiger partial charge in [-0.05, 0) is 102 Å². The van der Waals surface area contributed by atoms with Crippen molar-refractivity contribution in [2.75, 3.05) is 6.54 Å². The van der Waals surface area contributed by atoms with E-state index in [-0.39, 0.29) is 49.5 Å². The number of carbonyl (C=O) groups is 4. The van der Waals surface area contributed by atoms with Gasteiger partial charge in [-0.25, -0.2) is 4.79 Å². The Labute approximate surface area is 310 Å². The van der Waals surface area contributed by atoms with Crippen molar-refractivity contribution in [1.82, 2.24) is 4.90 Å². The van der Waals surface area contributed by atoms with E-state index < -0.39 is 69.7 Å². The van der Waals surface area contributed by atoms with Crippen LogP contribution in [-0.4, -0.2) is 102 Å². The molecule has 1 aliphatic carbocycles. The summed E-state index contributed by atoms with van der Waals surface area (Å²) >= 11 is 2.08. The maximum atomic E-state index is 14.0. The Kier molecular flexibility index (Phi) is 14.7. The number of rotatable bonds is 2. The van der Waals surface area contributed by atoms with Crippen LogP contribution in [0.4, 0.5) is 0 Å². The number of piperidine rings is 1. The number of fused-ring (bicyclic) bond motifs is 3. The van der Waals surface area contributed by atoms with Crippen molar-refractivity contribution < 1.29 is 49.1 Å². The number of carbonyl (C=O) groups excluding carboxylic acids is 4. The molecule has 4 rings (SSSR count). The molecule has 10 atom stereocenters. The summed E-state index contributed by atoms with van der Waals surface area (Å²) in [5.74, 6) is -6.65. The summed E-state index contributed by atoms with van der Waals surface area (Å²) < 4.78 is 11.5. The maximum absolute atomic E-state index is 14.0. The first-order chi connectivity index (χ1) is 23.5. The molecule has 11 nitrogen and oxygen atoms in total. The number of halogens is 1. The lowest BCUT2D eigenvalue weighted by molar-refractivity contribution is -0.219. The predicted molar refractivity (Wildman–Crippen MR) is 195 cm³/mol. The van der Waals surface area contributed by atoms with Gasteiger partial charge >= 0.3 is 5.97 Å². The van der Waals surface area contributed by atoms with Crippen LogP contribution in [0, 0.1) is 23.7 Å². The maximum Gasteiger partial charge on any atom is 0.329 e. The Hall–Kier alpha value is -1.71. The standard InChI is InChI=1S/C38H58INO10/c1-21-9-14-30(42)33-19-24(4)38(48,50-33)35(45)36(46)40-15-7-6-8-29(40)37(47)49-34(23(3)18-26-10-12-27(41)13-11-26)25(5)31(43)20-32(44)28(39)17-22(2)16-21/h17-18,21,24-31,33-34,41-43,48H,6-16,19-20H2,1-5H3/b22-17+,23-18+/t21-,24-,25-,26?,27?,28-,29+,30-,31+,33+,34-,38-/m1/s1. The topological polar surface area (TPSA) is 171 Å². The fraction of sp³-hybridized carbons (Fsp3) is 0.789. The van der Waals surface area contributed by atoms with E-state index in [2.05, 4.69) is 29.5 Å². The predicted octanol–water partition coefficient (Wildman–Crippen LogP) is 4.35. The molecule has 50 heavy (non-hydrogen) atoms. The molecule has 0 spiro atoms. The van der Waals surface area contributed by atoms with E-state index in [1.807, 2.05) is 26.0 Å². The summed E-state index contributed by atoms with van der Waals surface area (Å²) in [6, 6.07) is -1.10. The molecule has 0 aromatic carbocycles. The number of hydrogen-bond donors (Lipinski definition) is 4. The fourth-order valence-electron chi connectivity index (χ4n) is 8.08. The van der Waals surface area contributed by atoms with Gasteiger partial charge in [0, 0.05) is 24.8 Å². The minimum atomic E-state index is -2.44. The third-order valence-electron chi connectivity index (χ3n) is 11.4. The Bertz CT molecular complexity index is 1290. The molecule has 3 heterocycles. The highest BCUT2D eigenvalue weighted by Crippen LogP contribution is 2.39. The van der Waals surface area contributed by atoms with Gasteiger partial charge in [-0.1, -0.05) is 61.1 Å². The zero-order valence-corrected chi connectivity index (χ0v) is 32.4. The molecule has 0 aromatic heterocycles. The van der Waals surface area contributed by atoms with Crippen LogP contribution >= 0.6 is 22.6 Å². The van der Waals surface area contributed by atoms with Gasteiger partial charge in [0.05, 0.1) is 28.3 Å². The second-order valence-electron chi connectivity index (χ2n) is 15.6. The number of alkyl halides is 1. The van der Waals surface area contributed by atoms with Crippen LogP contribution < -0.4 is 0 Å². The largest absolute Gasteiger partial charge is 0.456 e. The van der Waals surface area contributed by atoms with E-state index in [4.69, 9.17) is 9.47 Å². The number of esters is 1. The minimum Gasteiger partial charge on any atom is -0.456 e. The second kappa shape index (κ2) is 17.9. The van der Waals surface area contributed by atoms with E-state index >= 15 is 0 Å². The van der Waals surface area contributed by atoms with Crippen molar-refractivity contribution in [2.24, 2.45) is 23.7 Å². The summed E-state index contributed by atoms with van der Waals surface area (Å²) in [5, 5.41) is 43.9. The van der Waals surface area contributed by atoms with Crippen LogP contribution in [0.2, 0.25) is 0 Å². The number of aliphatic hydroxyl groups excluding tert-OH is 3. The number of amides is 1. The van der Waals surface area contributed by atoms with Crippen molar-refractivity contribution in [3.63, 3.8) is 0 Å². The first kappa shape index (κ1) is 41.1. The number of Topliss-reactive ketones (excluding diaryl/α,β-unsaturated/α-hetero) is 2. The second-order valence-corrected chi connectivity index (χ2v) is 17.0. The minimum absolute atomic E-state index is 0.110. The summed E-state index contributed by atoms with van der Waals surface area (Å²) in [6.45, 7) is 9.30. The number of ketones is 2. The first-order valence-electron chi connectivity index (χ1n) is 18.5. The SMILES string of the molecule is C/C1=C\[C@@H](I)C(=O)C[C@H](O)[C@@H](C)[C@@H](/C(C)=C/C2CCC(O)CC2)OC(=O)[C@@H]2CCCCN2C(=O)C(=O)[C@]2(O)O[C@@H](C[C@H]2C)[C@H](O)CC[C@@H](C)C1. The Morgan fingerprint density at radius 1 is 0.940 bits per heavy atom. The van der Waals surface area contributed by atoms with Crippen molar-refractivity contribution in [1.29, 1.82) is 0 Å². The van der Waals surface area contributed by atoms with Crippen LogP contribution in [0.15, 0.2) is 23.3 Å². The third kappa shape index (κ3) is 10.0. The van der Waals surface area contributed by atoms with Gasteiger partial charge in [0.1, 0.15) is 12.1 Å². The number of allylic oxidation sites excluding steroid dienone is 3. The summed E-state index contributed by atoms with van der Waals surface area (Å²) in [4.78, 5) is 56.0. The lowest BCUT2D eigenvalue weighted by atomic mass is 9.83. The van der Waals surface area contributed by atoms with Gasteiger partial charge in [0.2, 0.25) is 5.79 Å². The molecule has 0 aromatic rings. The normalized spacial score (nSPS) is 42.1. The van der Waals surface area contributed by atoms with E-state index in [0.29, 0.717) is 50.5 Å². The highest BCUT2D eigenvalue weighted by molar-refractivity contribution is 14.1. The molecule has 1 saturated carbocycles. The van der Waals surface area contributed by atoms with Crippen LogP contribution in [0.1, 0.15) is 112 Å². The molecular weight excluding hydrogens is 757 g/mol. The van der Waals surface area contributed by atoms with E-state index in [1.54, 1.807) is 13.8 Å². The number of ether oxygens (including phenoxy) is 2. The first-order valence-corrected chi connectivity index (χ1v) is 19.8. The lowest BCUT2D eigenvalue weighted by Gasteiger charge is -2.37. The molecule has 4 aliphatic rings. The molecule has 282 valence electrons. The van der Waals surface area contributed by atoms with Gasteiger partial charge < -0.3 is 34.8 Å². The van der Waals surface area contributed by atoms with E-state index in [1.165, 1.54) is 0 Å². The van der Waals surface area contributed by atoms with Crippen LogP contribution in [-0.2, 0) is 28.7 Å². The zero-order chi connectivity index (χ0) is 36.9. The number of nitrogens with zero attached hydrogens (tertiary/aromatic N) is 1. The molecule has 12 heteroatoms. The molecule has 2 bridgehead atoms. The molecule has 2 saturated heterocycles. The van der Waals surface area contributed by atoms with Crippen LogP contribution in [0.5, 0.6) is 0 Å². The van der Waals surface area contributed by atoms with E-state index in [0.717, 1.165) is 23.3 Å². The molecular formula is C38H58INO10. The van der Waals surface area contributed by atoms with Gasteiger partial charge in [-0.3, -0.25) is 14.4 Å². The zero-order valence-electron chi connectivity index (χ0n) is 30.3. The Morgan fingerprint density at radius 3 is 2.30 bits per heavy atom. The summed E-state index contributed by atoms with van der Waals surface area (Å²) in [6.07, 6.45) is 5.73. The highest BCUT2D eigenvalue weighted by atomic mass is 127.